The summed E-state index contributed by atoms with van der Waals surface area (Å²) in [7, 11) is 3.14. The number of rotatable bonds is 5. The molecule has 4 nitrogen and oxygen atoms in total. The smallest absolute Gasteiger partial charge is 0.327 e. The van der Waals surface area contributed by atoms with Crippen molar-refractivity contribution >= 4 is 5.97 Å². The molecular formula is C12H14O4. The zero-order valence-electron chi connectivity index (χ0n) is 9.27. The lowest BCUT2D eigenvalue weighted by atomic mass is 10.1. The molecule has 0 amide bonds. The van der Waals surface area contributed by atoms with E-state index >= 15 is 0 Å². The standard InChI is InChI=1S/C12H14O4/c1-15-10-7-6-9(8-11(10)16-2)4-3-5-12(13)14/h3,5-8H,4H2,1-2H3,(H,13,14). The molecule has 0 fully saturated rings. The van der Waals surface area contributed by atoms with E-state index < -0.39 is 5.97 Å². The normalized spacial score (nSPS) is 10.4. The number of hydrogen-bond donors (Lipinski definition) is 1. The van der Waals surface area contributed by atoms with Gasteiger partial charge in [-0.1, -0.05) is 12.1 Å². The molecule has 1 N–H and O–H groups in total. The number of carboxylic acid groups (broad SMARTS) is 1. The number of carbonyl (C=O) groups is 1. The fourth-order valence-electron chi connectivity index (χ4n) is 1.30. The van der Waals surface area contributed by atoms with Crippen LogP contribution >= 0.6 is 0 Å². The first-order chi connectivity index (χ1) is 7.67. The highest BCUT2D eigenvalue weighted by Gasteiger charge is 2.03. The van der Waals surface area contributed by atoms with E-state index in [0.717, 1.165) is 11.6 Å². The van der Waals surface area contributed by atoms with Gasteiger partial charge in [-0.25, -0.2) is 4.79 Å². The highest BCUT2D eigenvalue weighted by Crippen LogP contribution is 2.27. The van der Waals surface area contributed by atoms with Gasteiger partial charge in [0.2, 0.25) is 0 Å². The molecule has 0 radical (unpaired) electrons. The second kappa shape index (κ2) is 5.80. The van der Waals surface area contributed by atoms with Crippen LogP contribution in [-0.2, 0) is 11.2 Å². The second-order valence-electron chi connectivity index (χ2n) is 3.13. The van der Waals surface area contributed by atoms with Crippen LogP contribution < -0.4 is 9.47 Å². The van der Waals surface area contributed by atoms with Gasteiger partial charge < -0.3 is 14.6 Å². The summed E-state index contributed by atoms with van der Waals surface area (Å²) in [4.78, 5) is 10.3. The number of carboxylic acids is 1. The third-order valence-corrected chi connectivity index (χ3v) is 2.06. The van der Waals surface area contributed by atoms with Crippen LogP contribution in [0.2, 0.25) is 0 Å². The molecule has 0 aliphatic carbocycles. The molecule has 0 saturated carbocycles. The SMILES string of the molecule is COc1ccc(CC=CC(=O)O)cc1OC. The maximum atomic E-state index is 10.3. The van der Waals surface area contributed by atoms with Crippen LogP contribution in [0.3, 0.4) is 0 Å². The van der Waals surface area contributed by atoms with Crippen molar-refractivity contribution in [2.45, 2.75) is 6.42 Å². The van der Waals surface area contributed by atoms with Crippen LogP contribution in [0.25, 0.3) is 0 Å². The molecule has 86 valence electrons. The zero-order chi connectivity index (χ0) is 12.0. The molecule has 16 heavy (non-hydrogen) atoms. The Labute approximate surface area is 94.1 Å². The summed E-state index contributed by atoms with van der Waals surface area (Å²) >= 11 is 0. The van der Waals surface area contributed by atoms with Crippen LogP contribution in [0.5, 0.6) is 11.5 Å². The van der Waals surface area contributed by atoms with Gasteiger partial charge >= 0.3 is 5.97 Å². The third kappa shape index (κ3) is 3.31. The molecule has 0 aromatic heterocycles. The van der Waals surface area contributed by atoms with Gasteiger partial charge in [-0.05, 0) is 24.1 Å². The first-order valence-corrected chi connectivity index (χ1v) is 4.77. The number of benzene rings is 1. The Balaban J connectivity index is 2.79. The average molecular weight is 222 g/mol. The lowest BCUT2D eigenvalue weighted by Crippen LogP contribution is -1.92. The molecule has 1 rings (SSSR count). The molecule has 0 spiro atoms. The van der Waals surface area contributed by atoms with Crippen LogP contribution in [-0.4, -0.2) is 25.3 Å². The molecule has 0 unspecified atom stereocenters. The van der Waals surface area contributed by atoms with Gasteiger partial charge in [0.25, 0.3) is 0 Å². The van der Waals surface area contributed by atoms with E-state index in [-0.39, 0.29) is 0 Å². The van der Waals surface area contributed by atoms with Crippen LogP contribution in [0.1, 0.15) is 5.56 Å². The molecule has 0 atom stereocenters. The summed E-state index contributed by atoms with van der Waals surface area (Å²) in [5, 5.41) is 8.44. The number of aliphatic carboxylic acids is 1. The van der Waals surface area contributed by atoms with Crippen molar-refractivity contribution in [1.29, 1.82) is 0 Å². The van der Waals surface area contributed by atoms with E-state index in [2.05, 4.69) is 0 Å². The summed E-state index contributed by atoms with van der Waals surface area (Å²) in [6.07, 6.45) is 3.26. The van der Waals surface area contributed by atoms with Crippen LogP contribution in [0.15, 0.2) is 30.4 Å². The lowest BCUT2D eigenvalue weighted by molar-refractivity contribution is -0.131. The van der Waals surface area contributed by atoms with Gasteiger partial charge in [-0.3, -0.25) is 0 Å². The molecule has 1 aromatic carbocycles. The summed E-state index contributed by atoms with van der Waals surface area (Å²) in [6.45, 7) is 0. The summed E-state index contributed by atoms with van der Waals surface area (Å²) in [5.41, 5.74) is 0.968. The maximum absolute atomic E-state index is 10.3. The van der Waals surface area contributed by atoms with E-state index in [9.17, 15) is 4.79 Å². The Morgan fingerprint density at radius 2 is 2.00 bits per heavy atom. The Hall–Kier alpha value is -1.97. The molecule has 4 heteroatoms. The topological polar surface area (TPSA) is 55.8 Å². The average Bonchev–Trinajstić information content (AvgIpc) is 2.28. The van der Waals surface area contributed by atoms with Crippen LogP contribution in [0.4, 0.5) is 0 Å². The molecule has 0 heterocycles. The van der Waals surface area contributed by atoms with Crippen molar-refractivity contribution in [2.24, 2.45) is 0 Å². The monoisotopic (exact) mass is 222 g/mol. The fourth-order valence-corrected chi connectivity index (χ4v) is 1.30. The number of methoxy groups -OCH3 is 2. The zero-order valence-corrected chi connectivity index (χ0v) is 9.27. The van der Waals surface area contributed by atoms with Crippen molar-refractivity contribution in [3.05, 3.63) is 35.9 Å². The van der Waals surface area contributed by atoms with Crippen molar-refractivity contribution in [2.75, 3.05) is 14.2 Å². The minimum absolute atomic E-state index is 0.548. The first kappa shape index (κ1) is 12.1. The van der Waals surface area contributed by atoms with Gasteiger partial charge in [0, 0.05) is 6.08 Å². The molecule has 0 aliphatic heterocycles. The largest absolute Gasteiger partial charge is 0.493 e. The molecular weight excluding hydrogens is 208 g/mol. The number of hydrogen-bond acceptors (Lipinski definition) is 3. The molecule has 0 bridgehead atoms. The summed E-state index contributed by atoms with van der Waals surface area (Å²) in [6, 6.07) is 5.49. The van der Waals surface area contributed by atoms with E-state index in [1.165, 1.54) is 0 Å². The maximum Gasteiger partial charge on any atom is 0.327 e. The quantitative estimate of drug-likeness (QED) is 0.773. The van der Waals surface area contributed by atoms with Gasteiger partial charge in [0.1, 0.15) is 0 Å². The molecule has 0 saturated heterocycles. The Kier molecular flexibility index (Phi) is 4.39. The van der Waals surface area contributed by atoms with Gasteiger partial charge in [-0.2, -0.15) is 0 Å². The van der Waals surface area contributed by atoms with Gasteiger partial charge in [-0.15, -0.1) is 0 Å². The minimum atomic E-state index is -0.944. The number of ether oxygens (including phenoxy) is 2. The minimum Gasteiger partial charge on any atom is -0.493 e. The highest BCUT2D eigenvalue weighted by molar-refractivity contribution is 5.79. The van der Waals surface area contributed by atoms with E-state index in [4.69, 9.17) is 14.6 Å². The summed E-state index contributed by atoms with van der Waals surface area (Å²) < 4.78 is 10.2. The fraction of sp³-hybridized carbons (Fsp3) is 0.250. The Morgan fingerprint density at radius 3 is 2.56 bits per heavy atom. The molecule has 1 aromatic rings. The first-order valence-electron chi connectivity index (χ1n) is 4.77. The predicted molar refractivity (Wildman–Crippen MR) is 60.0 cm³/mol. The highest BCUT2D eigenvalue weighted by atomic mass is 16.5. The van der Waals surface area contributed by atoms with E-state index in [1.807, 2.05) is 12.1 Å². The second-order valence-corrected chi connectivity index (χ2v) is 3.13. The predicted octanol–water partition coefficient (Wildman–Crippen LogP) is 1.89. The van der Waals surface area contributed by atoms with Gasteiger partial charge in [0.15, 0.2) is 11.5 Å². The lowest BCUT2D eigenvalue weighted by Gasteiger charge is -2.08. The Morgan fingerprint density at radius 1 is 1.31 bits per heavy atom. The Bertz CT molecular complexity index is 396. The third-order valence-electron chi connectivity index (χ3n) is 2.06. The number of allylic oxidation sites excluding steroid dienone is 1. The van der Waals surface area contributed by atoms with Gasteiger partial charge in [0.05, 0.1) is 14.2 Å². The van der Waals surface area contributed by atoms with E-state index in [1.54, 1.807) is 26.4 Å². The van der Waals surface area contributed by atoms with Crippen molar-refractivity contribution in [1.82, 2.24) is 0 Å². The summed E-state index contributed by atoms with van der Waals surface area (Å²) in [5.74, 6) is 0.359. The van der Waals surface area contributed by atoms with Crippen molar-refractivity contribution in [3.8, 4) is 11.5 Å². The van der Waals surface area contributed by atoms with Crippen LogP contribution in [0, 0.1) is 0 Å². The van der Waals surface area contributed by atoms with Crippen molar-refractivity contribution < 1.29 is 19.4 Å². The van der Waals surface area contributed by atoms with E-state index in [0.29, 0.717) is 17.9 Å². The molecule has 0 aliphatic rings. The van der Waals surface area contributed by atoms with Crippen molar-refractivity contribution in [3.63, 3.8) is 0 Å².